The van der Waals surface area contributed by atoms with E-state index >= 15 is 0 Å². The Hall–Kier alpha value is -2.36. The highest BCUT2D eigenvalue weighted by atomic mass is 35.5. The van der Waals surface area contributed by atoms with Crippen molar-refractivity contribution in [1.29, 1.82) is 0 Å². The number of pyridine rings is 1. The maximum absolute atomic E-state index is 12.9. The molecule has 1 aliphatic rings. The van der Waals surface area contributed by atoms with E-state index in [0.29, 0.717) is 13.1 Å². The number of fused-ring (bicyclic) bond motifs is 1. The van der Waals surface area contributed by atoms with Crippen LogP contribution in [0.1, 0.15) is 25.0 Å². The smallest absolute Gasteiger partial charge is 0.343 e. The first-order valence-corrected chi connectivity index (χ1v) is 9.72. The number of hydrogen-bond acceptors (Lipinski definition) is 9. The number of methoxy groups -OCH3 is 3. The molecular formula is C19H22Cl2N2O7. The van der Waals surface area contributed by atoms with Gasteiger partial charge in [-0.25, -0.2) is 14.6 Å². The molecule has 0 amide bonds. The molecule has 0 saturated heterocycles. The molecule has 2 atom stereocenters. The summed E-state index contributed by atoms with van der Waals surface area (Å²) in [6.45, 7) is 4.43. The number of nitrogens with zero attached hydrogens (tertiary/aromatic N) is 2. The van der Waals surface area contributed by atoms with Crippen LogP contribution in [0, 0.1) is 5.92 Å². The van der Waals surface area contributed by atoms with Crippen LogP contribution in [0.3, 0.4) is 0 Å². The summed E-state index contributed by atoms with van der Waals surface area (Å²) in [5.41, 5.74) is -2.87. The first-order chi connectivity index (χ1) is 14.1. The zero-order valence-electron chi connectivity index (χ0n) is 17.1. The molecule has 0 unspecified atom stereocenters. The molecular weight excluding hydrogens is 439 g/mol. The van der Waals surface area contributed by atoms with Crippen LogP contribution in [0.25, 0.3) is 5.70 Å². The standard InChI is InChI=1S/C19H22Cl2N2O7/c1-6-23(7-2)14-11-9(8-10(20)22-15(11)21)19(27,18(26)30-5)13(17(25)29-4)12(14)16(24)28-3/h8,13,27H,6-7H2,1-5H3/t13-,19-/m0/s1. The van der Waals surface area contributed by atoms with Crippen LogP contribution in [0.5, 0.6) is 0 Å². The second-order valence-electron chi connectivity index (χ2n) is 6.30. The zero-order valence-corrected chi connectivity index (χ0v) is 18.6. The minimum Gasteiger partial charge on any atom is -0.468 e. The number of rotatable bonds is 6. The van der Waals surface area contributed by atoms with E-state index in [4.69, 9.17) is 37.4 Å². The predicted molar refractivity (Wildman–Crippen MR) is 108 cm³/mol. The minimum absolute atomic E-state index is 0.0678. The van der Waals surface area contributed by atoms with E-state index in [1.165, 1.54) is 6.07 Å². The van der Waals surface area contributed by atoms with Gasteiger partial charge >= 0.3 is 17.9 Å². The summed E-state index contributed by atoms with van der Waals surface area (Å²) in [4.78, 5) is 44.2. The number of hydrogen-bond donors (Lipinski definition) is 1. The third kappa shape index (κ3) is 3.61. The minimum atomic E-state index is -2.67. The summed E-state index contributed by atoms with van der Waals surface area (Å²) < 4.78 is 14.5. The van der Waals surface area contributed by atoms with Gasteiger partial charge in [0.2, 0.25) is 5.60 Å². The molecule has 164 valence electrons. The van der Waals surface area contributed by atoms with Gasteiger partial charge in [0, 0.05) is 24.2 Å². The molecule has 0 bridgehead atoms. The van der Waals surface area contributed by atoms with Gasteiger partial charge in [-0.3, -0.25) is 4.79 Å². The normalized spacial score (nSPS) is 20.3. The Balaban J connectivity index is 3.16. The summed E-state index contributed by atoms with van der Waals surface area (Å²) in [5.74, 6) is -5.02. The second-order valence-corrected chi connectivity index (χ2v) is 7.04. The Labute approximate surface area is 183 Å². The van der Waals surface area contributed by atoms with Crippen molar-refractivity contribution >= 4 is 46.8 Å². The van der Waals surface area contributed by atoms with Gasteiger partial charge in [0.1, 0.15) is 16.2 Å². The van der Waals surface area contributed by atoms with Crippen molar-refractivity contribution in [2.24, 2.45) is 5.92 Å². The topological polar surface area (TPSA) is 115 Å². The van der Waals surface area contributed by atoms with Gasteiger partial charge in [0.15, 0.2) is 0 Å². The van der Waals surface area contributed by atoms with Crippen LogP contribution in [-0.4, -0.2) is 67.3 Å². The zero-order chi connectivity index (χ0) is 22.8. The van der Waals surface area contributed by atoms with E-state index in [9.17, 15) is 19.5 Å². The average molecular weight is 461 g/mol. The third-order valence-corrected chi connectivity index (χ3v) is 5.44. The molecule has 0 spiro atoms. The molecule has 1 aromatic heterocycles. The van der Waals surface area contributed by atoms with Gasteiger partial charge in [-0.1, -0.05) is 23.2 Å². The van der Waals surface area contributed by atoms with Crippen molar-refractivity contribution in [2.45, 2.75) is 19.4 Å². The van der Waals surface area contributed by atoms with E-state index in [1.807, 2.05) is 13.8 Å². The van der Waals surface area contributed by atoms with Crippen molar-refractivity contribution < 1.29 is 33.7 Å². The Bertz CT molecular complexity index is 914. The first kappa shape index (κ1) is 23.9. The summed E-state index contributed by atoms with van der Waals surface area (Å²) in [6.07, 6.45) is 0. The summed E-state index contributed by atoms with van der Waals surface area (Å²) in [6, 6.07) is 1.20. The van der Waals surface area contributed by atoms with E-state index in [0.717, 1.165) is 21.3 Å². The average Bonchev–Trinajstić information content (AvgIpc) is 2.73. The first-order valence-electron chi connectivity index (χ1n) is 8.96. The highest BCUT2D eigenvalue weighted by molar-refractivity contribution is 6.34. The van der Waals surface area contributed by atoms with Crippen molar-refractivity contribution in [3.8, 4) is 0 Å². The molecule has 1 N–H and O–H groups in total. The highest BCUT2D eigenvalue weighted by Crippen LogP contribution is 2.50. The van der Waals surface area contributed by atoms with Crippen LogP contribution in [0.4, 0.5) is 0 Å². The monoisotopic (exact) mass is 460 g/mol. The van der Waals surface area contributed by atoms with Gasteiger partial charge < -0.3 is 24.2 Å². The number of carbonyl (C=O) groups is 3. The molecule has 2 rings (SSSR count). The van der Waals surface area contributed by atoms with Gasteiger partial charge in [-0.05, 0) is 19.9 Å². The third-order valence-electron chi connectivity index (χ3n) is 4.97. The lowest BCUT2D eigenvalue weighted by atomic mass is 9.69. The fraction of sp³-hybridized carbons (Fsp3) is 0.474. The molecule has 0 saturated carbocycles. The van der Waals surface area contributed by atoms with Crippen molar-refractivity contribution in [2.75, 3.05) is 34.4 Å². The molecule has 1 aliphatic carbocycles. The molecule has 9 nitrogen and oxygen atoms in total. The summed E-state index contributed by atoms with van der Waals surface area (Å²) >= 11 is 12.4. The fourth-order valence-electron chi connectivity index (χ4n) is 3.63. The maximum atomic E-state index is 12.9. The Morgan fingerprint density at radius 3 is 2.20 bits per heavy atom. The number of halogens is 2. The van der Waals surface area contributed by atoms with Crippen LogP contribution in [0.2, 0.25) is 10.3 Å². The number of carbonyl (C=O) groups excluding carboxylic acids is 3. The molecule has 0 aromatic carbocycles. The van der Waals surface area contributed by atoms with Crippen molar-refractivity contribution in [3.05, 3.63) is 33.1 Å². The van der Waals surface area contributed by atoms with Crippen LogP contribution in [-0.2, 0) is 34.2 Å². The quantitative estimate of drug-likeness (QED) is 0.385. The molecule has 0 aliphatic heterocycles. The SMILES string of the molecule is CCN(CC)C1=C(C(=O)OC)[C@@H](C(=O)OC)[C@](O)(C(=O)OC)c2cc(Cl)nc(Cl)c21. The molecule has 11 heteroatoms. The van der Waals surface area contributed by atoms with Crippen LogP contribution >= 0.6 is 23.2 Å². The van der Waals surface area contributed by atoms with Crippen LogP contribution in [0.15, 0.2) is 11.6 Å². The maximum Gasteiger partial charge on any atom is 0.343 e. The Kier molecular flexibility index (Phi) is 7.33. The molecule has 1 heterocycles. The van der Waals surface area contributed by atoms with Crippen molar-refractivity contribution in [1.82, 2.24) is 9.88 Å². The molecule has 30 heavy (non-hydrogen) atoms. The number of ether oxygens (including phenoxy) is 3. The van der Waals surface area contributed by atoms with E-state index in [2.05, 4.69) is 4.98 Å². The number of aromatic nitrogens is 1. The summed E-state index contributed by atoms with van der Waals surface area (Å²) in [7, 11) is 3.20. The molecule has 0 radical (unpaired) electrons. The lowest BCUT2D eigenvalue weighted by molar-refractivity contribution is -0.179. The Morgan fingerprint density at radius 1 is 1.13 bits per heavy atom. The lowest BCUT2D eigenvalue weighted by Crippen LogP contribution is -2.53. The van der Waals surface area contributed by atoms with Gasteiger partial charge in [-0.15, -0.1) is 0 Å². The molecule has 1 aromatic rings. The molecule has 0 fully saturated rings. The fourth-order valence-corrected chi connectivity index (χ4v) is 4.15. The summed E-state index contributed by atoms with van der Waals surface area (Å²) in [5, 5.41) is 11.3. The van der Waals surface area contributed by atoms with E-state index in [1.54, 1.807) is 4.90 Å². The van der Waals surface area contributed by atoms with Gasteiger partial charge in [0.05, 0.1) is 32.6 Å². The van der Waals surface area contributed by atoms with E-state index < -0.39 is 29.4 Å². The number of esters is 3. The van der Waals surface area contributed by atoms with Gasteiger partial charge in [-0.2, -0.15) is 0 Å². The predicted octanol–water partition coefficient (Wildman–Crippen LogP) is 1.78. The second kappa shape index (κ2) is 9.20. The lowest BCUT2D eigenvalue weighted by Gasteiger charge is -2.41. The van der Waals surface area contributed by atoms with Gasteiger partial charge in [0.25, 0.3) is 0 Å². The largest absolute Gasteiger partial charge is 0.468 e. The number of aliphatic hydroxyl groups is 1. The van der Waals surface area contributed by atoms with E-state index in [-0.39, 0.29) is 32.7 Å². The van der Waals surface area contributed by atoms with Crippen LogP contribution < -0.4 is 0 Å². The highest BCUT2D eigenvalue weighted by Gasteiger charge is 2.60. The van der Waals surface area contributed by atoms with Crippen molar-refractivity contribution in [3.63, 3.8) is 0 Å². The Morgan fingerprint density at radius 2 is 1.73 bits per heavy atom.